The highest BCUT2D eigenvalue weighted by Crippen LogP contribution is 2.33. The predicted molar refractivity (Wildman–Crippen MR) is 102 cm³/mol. The van der Waals surface area contributed by atoms with Crippen LogP contribution in [-0.4, -0.2) is 34.3 Å². The Kier molecular flexibility index (Phi) is 5.67. The van der Waals surface area contributed by atoms with Crippen molar-refractivity contribution in [2.45, 2.75) is 64.0 Å². The average Bonchev–Trinajstić information content (AvgIpc) is 2.86. The van der Waals surface area contributed by atoms with Gasteiger partial charge in [-0.25, -0.2) is 4.79 Å². The van der Waals surface area contributed by atoms with E-state index in [-0.39, 0.29) is 12.3 Å². The molecule has 2 aliphatic rings. The van der Waals surface area contributed by atoms with Crippen LogP contribution < -0.4 is 16.1 Å². The summed E-state index contributed by atoms with van der Waals surface area (Å²) in [5.41, 5.74) is 3.36. The zero-order valence-electron chi connectivity index (χ0n) is 16.2. The second-order valence-electron chi connectivity index (χ2n) is 7.62. The number of hydrazine groups is 1. The molecule has 5 amide bonds. The highest BCUT2D eigenvalue weighted by Gasteiger charge is 2.52. The van der Waals surface area contributed by atoms with Crippen LogP contribution in [0.4, 0.5) is 4.79 Å². The lowest BCUT2D eigenvalue weighted by molar-refractivity contribution is -0.140. The van der Waals surface area contributed by atoms with Gasteiger partial charge in [-0.3, -0.25) is 19.8 Å². The maximum absolute atomic E-state index is 12.8. The first-order valence-corrected chi connectivity index (χ1v) is 9.60. The van der Waals surface area contributed by atoms with E-state index in [9.17, 15) is 19.2 Å². The van der Waals surface area contributed by atoms with Gasteiger partial charge in [0.15, 0.2) is 0 Å². The van der Waals surface area contributed by atoms with Crippen LogP contribution >= 0.6 is 0 Å². The molecule has 8 nitrogen and oxygen atoms in total. The van der Waals surface area contributed by atoms with Crippen molar-refractivity contribution in [3.63, 3.8) is 0 Å². The first-order valence-electron chi connectivity index (χ1n) is 9.60. The highest BCUT2D eigenvalue weighted by atomic mass is 16.2. The van der Waals surface area contributed by atoms with Gasteiger partial charge in [0.05, 0.1) is 12.5 Å². The van der Waals surface area contributed by atoms with E-state index in [4.69, 9.17) is 0 Å². The second kappa shape index (κ2) is 8.00. The van der Waals surface area contributed by atoms with E-state index in [2.05, 4.69) is 16.1 Å². The third kappa shape index (κ3) is 4.16. The molecular formula is C20H26N4O4. The monoisotopic (exact) mass is 386 g/mol. The number of imide groups is 1. The number of carbonyl (C=O) groups excluding carboxylic acids is 4. The van der Waals surface area contributed by atoms with Crippen molar-refractivity contribution >= 4 is 23.8 Å². The molecule has 1 aromatic rings. The van der Waals surface area contributed by atoms with Crippen LogP contribution in [0.2, 0.25) is 0 Å². The Morgan fingerprint density at radius 3 is 2.39 bits per heavy atom. The second-order valence-corrected chi connectivity index (χ2v) is 7.62. The molecule has 1 aliphatic carbocycles. The SMILES string of the molecule is CC(=O)NC(CC(=O)NN1C(=O)NC2(CCCCC2)C1=O)c1ccc(C)cc1. The molecule has 8 heteroatoms. The van der Waals surface area contributed by atoms with Crippen LogP contribution in [0, 0.1) is 6.92 Å². The first kappa shape index (κ1) is 19.9. The number of hydrogen-bond acceptors (Lipinski definition) is 4. The molecule has 2 fully saturated rings. The normalized spacial score (nSPS) is 19.3. The van der Waals surface area contributed by atoms with Gasteiger partial charge in [-0.15, -0.1) is 0 Å². The van der Waals surface area contributed by atoms with Crippen molar-refractivity contribution in [3.05, 3.63) is 35.4 Å². The first-order chi connectivity index (χ1) is 13.3. The zero-order chi connectivity index (χ0) is 20.3. The van der Waals surface area contributed by atoms with Crippen molar-refractivity contribution in [3.8, 4) is 0 Å². The largest absolute Gasteiger partial charge is 0.349 e. The molecule has 0 aromatic heterocycles. The van der Waals surface area contributed by atoms with Gasteiger partial charge in [-0.1, -0.05) is 49.1 Å². The number of hydrogen-bond donors (Lipinski definition) is 3. The fourth-order valence-electron chi connectivity index (χ4n) is 3.87. The number of amides is 5. The fraction of sp³-hybridized carbons (Fsp3) is 0.500. The fourth-order valence-corrected chi connectivity index (χ4v) is 3.87. The maximum Gasteiger partial charge on any atom is 0.344 e. The summed E-state index contributed by atoms with van der Waals surface area (Å²) in [5, 5.41) is 6.28. The van der Waals surface area contributed by atoms with Crippen LogP contribution in [0.1, 0.15) is 62.6 Å². The third-order valence-corrected chi connectivity index (χ3v) is 5.35. The van der Waals surface area contributed by atoms with Gasteiger partial charge in [0.1, 0.15) is 5.54 Å². The zero-order valence-corrected chi connectivity index (χ0v) is 16.2. The van der Waals surface area contributed by atoms with Crippen molar-refractivity contribution in [2.24, 2.45) is 0 Å². The van der Waals surface area contributed by atoms with E-state index in [0.717, 1.165) is 35.4 Å². The number of benzene rings is 1. The summed E-state index contributed by atoms with van der Waals surface area (Å²) in [6.45, 7) is 3.33. The number of nitrogens with one attached hydrogen (secondary N) is 3. The quantitative estimate of drug-likeness (QED) is 0.671. The molecule has 1 aliphatic heterocycles. The summed E-state index contributed by atoms with van der Waals surface area (Å²) < 4.78 is 0. The molecule has 3 rings (SSSR count). The Morgan fingerprint density at radius 1 is 1.14 bits per heavy atom. The van der Waals surface area contributed by atoms with Gasteiger partial charge in [0, 0.05) is 6.92 Å². The van der Waals surface area contributed by atoms with E-state index in [0.29, 0.717) is 12.8 Å². The molecular weight excluding hydrogens is 360 g/mol. The number of aryl methyl sites for hydroxylation is 1. The van der Waals surface area contributed by atoms with Crippen molar-refractivity contribution in [1.29, 1.82) is 0 Å². The lowest BCUT2D eigenvalue weighted by Gasteiger charge is -2.30. The Labute approximate surface area is 164 Å². The van der Waals surface area contributed by atoms with Crippen LogP contribution in [0.3, 0.4) is 0 Å². The van der Waals surface area contributed by atoms with Crippen LogP contribution in [0.5, 0.6) is 0 Å². The minimum atomic E-state index is -0.892. The molecule has 1 heterocycles. The molecule has 0 bridgehead atoms. The molecule has 1 aromatic carbocycles. The molecule has 1 spiro atoms. The molecule has 0 radical (unpaired) electrons. The summed E-state index contributed by atoms with van der Waals surface area (Å²) in [4.78, 5) is 49.1. The summed E-state index contributed by atoms with van der Waals surface area (Å²) in [7, 11) is 0. The van der Waals surface area contributed by atoms with Gasteiger partial charge < -0.3 is 10.6 Å². The Bertz CT molecular complexity index is 784. The third-order valence-electron chi connectivity index (χ3n) is 5.35. The maximum atomic E-state index is 12.8. The van der Waals surface area contributed by atoms with E-state index in [1.54, 1.807) is 0 Å². The van der Waals surface area contributed by atoms with Gasteiger partial charge >= 0.3 is 6.03 Å². The van der Waals surface area contributed by atoms with Crippen LogP contribution in [0.15, 0.2) is 24.3 Å². The van der Waals surface area contributed by atoms with Gasteiger partial charge in [-0.2, -0.15) is 5.01 Å². The van der Waals surface area contributed by atoms with E-state index >= 15 is 0 Å². The number of rotatable bonds is 5. The lowest BCUT2D eigenvalue weighted by Crippen LogP contribution is -2.51. The Hall–Kier alpha value is -2.90. The standard InChI is InChI=1S/C20H26N4O4/c1-13-6-8-15(9-7-13)16(21-14(2)25)12-17(26)23-24-18(27)20(22-19(24)28)10-4-3-5-11-20/h6-9,16H,3-5,10-12H2,1-2H3,(H,21,25)(H,22,28)(H,23,26). The van der Waals surface area contributed by atoms with Crippen molar-refractivity contribution < 1.29 is 19.2 Å². The van der Waals surface area contributed by atoms with Crippen molar-refractivity contribution in [2.75, 3.05) is 0 Å². The summed E-state index contributed by atoms with van der Waals surface area (Å²) in [6.07, 6.45) is 3.85. The van der Waals surface area contributed by atoms with Gasteiger partial charge in [-0.05, 0) is 25.3 Å². The smallest absolute Gasteiger partial charge is 0.344 e. The molecule has 150 valence electrons. The minimum absolute atomic E-state index is 0.0906. The van der Waals surface area contributed by atoms with E-state index in [1.807, 2.05) is 31.2 Å². The molecule has 1 atom stereocenters. The summed E-state index contributed by atoms with van der Waals surface area (Å²) in [6, 6.07) is 6.31. The highest BCUT2D eigenvalue weighted by molar-refractivity contribution is 6.08. The summed E-state index contributed by atoms with van der Waals surface area (Å²) in [5.74, 6) is -1.19. The molecule has 1 unspecified atom stereocenters. The number of nitrogens with zero attached hydrogens (tertiary/aromatic N) is 1. The van der Waals surface area contributed by atoms with Crippen LogP contribution in [0.25, 0.3) is 0 Å². The van der Waals surface area contributed by atoms with Gasteiger partial charge in [0.25, 0.3) is 5.91 Å². The lowest BCUT2D eigenvalue weighted by atomic mass is 9.82. The average molecular weight is 386 g/mol. The topological polar surface area (TPSA) is 108 Å². The molecule has 1 saturated heterocycles. The van der Waals surface area contributed by atoms with E-state index in [1.165, 1.54) is 6.92 Å². The minimum Gasteiger partial charge on any atom is -0.349 e. The van der Waals surface area contributed by atoms with Crippen LogP contribution in [-0.2, 0) is 14.4 Å². The molecule has 3 N–H and O–H groups in total. The Morgan fingerprint density at radius 2 is 1.79 bits per heavy atom. The summed E-state index contributed by atoms with van der Waals surface area (Å²) >= 11 is 0. The molecule has 1 saturated carbocycles. The van der Waals surface area contributed by atoms with E-state index < -0.39 is 29.4 Å². The number of urea groups is 1. The molecule has 28 heavy (non-hydrogen) atoms. The van der Waals surface area contributed by atoms with Crippen molar-refractivity contribution in [1.82, 2.24) is 21.1 Å². The predicted octanol–water partition coefficient (Wildman–Crippen LogP) is 1.85. The number of carbonyl (C=O) groups is 4. The van der Waals surface area contributed by atoms with Gasteiger partial charge in [0.2, 0.25) is 11.8 Å². The Balaban J connectivity index is 1.68.